The van der Waals surface area contributed by atoms with Crippen molar-refractivity contribution in [3.8, 4) is 0 Å². The van der Waals surface area contributed by atoms with Crippen LogP contribution in [0.1, 0.15) is 99.3 Å². The summed E-state index contributed by atoms with van der Waals surface area (Å²) in [6.45, 7) is 15.2. The lowest BCUT2D eigenvalue weighted by atomic mass is 9.99. The van der Waals surface area contributed by atoms with Crippen molar-refractivity contribution in [2.75, 3.05) is 13.2 Å². The van der Waals surface area contributed by atoms with Crippen LogP contribution in [0.25, 0.3) is 0 Å². The van der Waals surface area contributed by atoms with Crippen LogP contribution in [0.3, 0.4) is 0 Å². The standard InChI is InChI=1S/C20H44O2Si/c1-7-10-11-12-13-14-15-16-17-18-21-23(8-2,9-3)22-19-20(4,5)6/h7-19H2,1-6H3. The zero-order valence-corrected chi connectivity index (χ0v) is 18.0. The average Bonchev–Trinajstić information content (AvgIpc) is 2.51. The Labute approximate surface area is 148 Å². The molecule has 0 aromatic carbocycles. The Morgan fingerprint density at radius 3 is 1.57 bits per heavy atom. The van der Waals surface area contributed by atoms with Gasteiger partial charge in [0, 0.05) is 13.2 Å². The molecule has 0 N–H and O–H groups in total. The first-order valence-corrected chi connectivity index (χ1v) is 12.4. The van der Waals surface area contributed by atoms with Crippen LogP contribution >= 0.6 is 0 Å². The number of rotatable bonds is 15. The van der Waals surface area contributed by atoms with E-state index in [9.17, 15) is 0 Å². The van der Waals surface area contributed by atoms with Crippen LogP contribution in [0, 0.1) is 5.41 Å². The van der Waals surface area contributed by atoms with E-state index in [0.29, 0.717) is 0 Å². The van der Waals surface area contributed by atoms with Gasteiger partial charge in [0.15, 0.2) is 0 Å². The largest absolute Gasteiger partial charge is 0.394 e. The third kappa shape index (κ3) is 13.1. The molecule has 3 heteroatoms. The smallest absolute Gasteiger partial charge is 0.337 e. The Morgan fingerprint density at radius 2 is 1.13 bits per heavy atom. The van der Waals surface area contributed by atoms with E-state index >= 15 is 0 Å². The molecule has 0 radical (unpaired) electrons. The first kappa shape index (κ1) is 23.1. The molecule has 0 fully saturated rings. The van der Waals surface area contributed by atoms with Crippen LogP contribution in [0.4, 0.5) is 0 Å². The van der Waals surface area contributed by atoms with Crippen LogP contribution in [0.5, 0.6) is 0 Å². The first-order chi connectivity index (χ1) is 10.9. The third-order valence-electron chi connectivity index (χ3n) is 4.46. The lowest BCUT2D eigenvalue weighted by molar-refractivity contribution is 0.119. The Balaban J connectivity index is 3.76. The Morgan fingerprint density at radius 1 is 0.652 bits per heavy atom. The fourth-order valence-electron chi connectivity index (χ4n) is 2.72. The van der Waals surface area contributed by atoms with Gasteiger partial charge in [-0.05, 0) is 23.9 Å². The predicted octanol–water partition coefficient (Wildman–Crippen LogP) is 7.08. The topological polar surface area (TPSA) is 18.5 Å². The molecule has 2 nitrogen and oxygen atoms in total. The highest BCUT2D eigenvalue weighted by Gasteiger charge is 2.34. The zero-order chi connectivity index (χ0) is 17.6. The van der Waals surface area contributed by atoms with Crippen LogP contribution in [0.2, 0.25) is 12.1 Å². The maximum Gasteiger partial charge on any atom is 0.337 e. The minimum atomic E-state index is -1.94. The van der Waals surface area contributed by atoms with Gasteiger partial charge in [-0.25, -0.2) is 0 Å². The molecule has 0 saturated heterocycles. The molecule has 0 spiro atoms. The van der Waals surface area contributed by atoms with Crippen molar-refractivity contribution < 1.29 is 8.85 Å². The molecule has 23 heavy (non-hydrogen) atoms. The third-order valence-corrected chi connectivity index (χ3v) is 8.01. The zero-order valence-electron chi connectivity index (χ0n) is 17.0. The van der Waals surface area contributed by atoms with Gasteiger partial charge in [-0.2, -0.15) is 0 Å². The van der Waals surface area contributed by atoms with E-state index in [1.54, 1.807) is 0 Å². The summed E-state index contributed by atoms with van der Waals surface area (Å²) in [7, 11) is -1.94. The summed E-state index contributed by atoms with van der Waals surface area (Å²) < 4.78 is 12.6. The van der Waals surface area contributed by atoms with E-state index in [0.717, 1.165) is 25.3 Å². The summed E-state index contributed by atoms with van der Waals surface area (Å²) in [6, 6.07) is 2.13. The van der Waals surface area contributed by atoms with E-state index in [1.165, 1.54) is 57.8 Å². The SMILES string of the molecule is CCCCCCCCCCCO[Si](CC)(CC)OCC(C)(C)C. The molecule has 0 aromatic heterocycles. The molecule has 0 heterocycles. The van der Waals surface area contributed by atoms with Crippen molar-refractivity contribution in [3.63, 3.8) is 0 Å². The molecular weight excluding hydrogens is 300 g/mol. The van der Waals surface area contributed by atoms with Crippen molar-refractivity contribution in [2.24, 2.45) is 5.41 Å². The first-order valence-electron chi connectivity index (χ1n) is 10.2. The molecule has 0 atom stereocenters. The Bertz CT molecular complexity index is 257. The van der Waals surface area contributed by atoms with Gasteiger partial charge in [0.25, 0.3) is 0 Å². The summed E-state index contributed by atoms with van der Waals surface area (Å²) in [5.74, 6) is 0. The molecule has 0 aliphatic heterocycles. The fraction of sp³-hybridized carbons (Fsp3) is 1.00. The van der Waals surface area contributed by atoms with Gasteiger partial charge in [-0.3, -0.25) is 0 Å². The number of unbranched alkanes of at least 4 members (excludes halogenated alkanes) is 8. The van der Waals surface area contributed by atoms with E-state index in [4.69, 9.17) is 8.85 Å². The van der Waals surface area contributed by atoms with Gasteiger partial charge in [0.1, 0.15) is 0 Å². The van der Waals surface area contributed by atoms with Gasteiger partial charge in [0.05, 0.1) is 0 Å². The summed E-state index contributed by atoms with van der Waals surface area (Å²) in [5.41, 5.74) is 0.226. The summed E-state index contributed by atoms with van der Waals surface area (Å²) in [5, 5.41) is 0. The fourth-order valence-corrected chi connectivity index (χ4v) is 5.33. The van der Waals surface area contributed by atoms with Gasteiger partial charge in [0.2, 0.25) is 0 Å². The maximum atomic E-state index is 6.30. The second-order valence-electron chi connectivity index (χ2n) is 8.14. The average molecular weight is 345 g/mol. The van der Waals surface area contributed by atoms with E-state index in [2.05, 4.69) is 41.5 Å². The molecule has 0 saturated carbocycles. The quantitative estimate of drug-likeness (QED) is 0.233. The molecule has 0 aliphatic carbocycles. The Hall–Kier alpha value is 0.137. The molecular formula is C20H44O2Si. The van der Waals surface area contributed by atoms with Crippen molar-refractivity contribution in [2.45, 2.75) is 111 Å². The molecule has 0 amide bonds. The molecule has 0 aliphatic rings. The molecule has 0 aromatic rings. The maximum absolute atomic E-state index is 6.30. The lowest BCUT2D eigenvalue weighted by Crippen LogP contribution is -2.43. The van der Waals surface area contributed by atoms with Crippen molar-refractivity contribution in [3.05, 3.63) is 0 Å². The second-order valence-corrected chi connectivity index (χ2v) is 12.0. The van der Waals surface area contributed by atoms with Gasteiger partial charge < -0.3 is 8.85 Å². The molecule has 140 valence electrons. The summed E-state index contributed by atoms with van der Waals surface area (Å²) >= 11 is 0. The van der Waals surface area contributed by atoms with Crippen LogP contribution in [-0.2, 0) is 8.85 Å². The normalized spacial score (nSPS) is 12.8. The van der Waals surface area contributed by atoms with Crippen molar-refractivity contribution in [1.82, 2.24) is 0 Å². The van der Waals surface area contributed by atoms with Crippen LogP contribution < -0.4 is 0 Å². The van der Waals surface area contributed by atoms with Crippen molar-refractivity contribution >= 4 is 8.56 Å². The highest BCUT2D eigenvalue weighted by atomic mass is 28.4. The summed E-state index contributed by atoms with van der Waals surface area (Å²) in [6.07, 6.45) is 12.3. The minimum Gasteiger partial charge on any atom is -0.394 e. The van der Waals surface area contributed by atoms with Gasteiger partial charge in [-0.15, -0.1) is 0 Å². The van der Waals surface area contributed by atoms with E-state index in [-0.39, 0.29) is 5.41 Å². The lowest BCUT2D eigenvalue weighted by Gasteiger charge is -2.32. The summed E-state index contributed by atoms with van der Waals surface area (Å²) in [4.78, 5) is 0. The van der Waals surface area contributed by atoms with E-state index in [1.807, 2.05) is 0 Å². The molecule has 0 bridgehead atoms. The number of hydrogen-bond donors (Lipinski definition) is 0. The number of hydrogen-bond acceptors (Lipinski definition) is 2. The monoisotopic (exact) mass is 344 g/mol. The van der Waals surface area contributed by atoms with Crippen molar-refractivity contribution in [1.29, 1.82) is 0 Å². The molecule has 0 rings (SSSR count). The minimum absolute atomic E-state index is 0.226. The van der Waals surface area contributed by atoms with Gasteiger partial charge in [-0.1, -0.05) is 92.9 Å². The van der Waals surface area contributed by atoms with Crippen LogP contribution in [0.15, 0.2) is 0 Å². The highest BCUT2D eigenvalue weighted by Crippen LogP contribution is 2.23. The van der Waals surface area contributed by atoms with E-state index < -0.39 is 8.56 Å². The Kier molecular flexibility index (Phi) is 13.5. The predicted molar refractivity (Wildman–Crippen MR) is 105 cm³/mol. The van der Waals surface area contributed by atoms with Crippen LogP contribution in [-0.4, -0.2) is 21.8 Å². The van der Waals surface area contributed by atoms with Gasteiger partial charge >= 0.3 is 8.56 Å². The highest BCUT2D eigenvalue weighted by molar-refractivity contribution is 6.67. The second kappa shape index (κ2) is 13.4. The molecule has 0 unspecified atom stereocenters.